The molecule has 2 aliphatic rings. The Morgan fingerprint density at radius 3 is 2.16 bits per heavy atom. The molecule has 2 aromatic carbocycles. The van der Waals surface area contributed by atoms with E-state index in [0.29, 0.717) is 23.4 Å². The number of pyridine rings is 1. The van der Waals surface area contributed by atoms with E-state index in [4.69, 9.17) is 20.1 Å². The fourth-order valence-electron chi connectivity index (χ4n) is 5.76. The average molecular weight is 712 g/mol. The van der Waals surface area contributed by atoms with E-state index in [9.17, 15) is 30.4 Å². The summed E-state index contributed by atoms with van der Waals surface area (Å²) < 4.78 is 104. The van der Waals surface area contributed by atoms with Crippen LogP contribution >= 0.6 is 0 Å². The maximum atomic E-state index is 16.4. The Hall–Kier alpha value is -4.52. The van der Waals surface area contributed by atoms with E-state index in [1.807, 2.05) is 24.3 Å². The van der Waals surface area contributed by atoms with Crippen molar-refractivity contribution in [3.05, 3.63) is 84.1 Å². The van der Waals surface area contributed by atoms with Gasteiger partial charge in [0.1, 0.15) is 11.5 Å². The predicted octanol–water partition coefficient (Wildman–Crippen LogP) is 5.06. The first-order chi connectivity index (χ1) is 23.1. The van der Waals surface area contributed by atoms with Gasteiger partial charge in [-0.05, 0) is 61.4 Å². The number of carbonyl (C=O) groups is 1. The van der Waals surface area contributed by atoms with Crippen molar-refractivity contribution < 1.29 is 44.7 Å². The first-order valence-electron chi connectivity index (χ1n) is 14.9. The Labute approximate surface area is 277 Å². The summed E-state index contributed by atoms with van der Waals surface area (Å²) in [4.78, 5) is 15.2. The molecule has 1 unspecified atom stereocenters. The highest BCUT2D eigenvalue weighted by molar-refractivity contribution is 7.86. The van der Waals surface area contributed by atoms with Gasteiger partial charge in [-0.2, -0.15) is 31.0 Å². The lowest BCUT2D eigenvalue weighted by Crippen LogP contribution is -2.43. The molecule has 262 valence electrons. The van der Waals surface area contributed by atoms with Gasteiger partial charge in [-0.15, -0.1) is 0 Å². The summed E-state index contributed by atoms with van der Waals surface area (Å²) in [5.74, 6) is -3.55. The molecule has 1 atom stereocenters. The van der Waals surface area contributed by atoms with Gasteiger partial charge in [-0.3, -0.25) is 4.98 Å². The van der Waals surface area contributed by atoms with Gasteiger partial charge in [-0.25, -0.2) is 27.8 Å². The van der Waals surface area contributed by atoms with E-state index < -0.39 is 46.2 Å². The van der Waals surface area contributed by atoms with Gasteiger partial charge in [0.2, 0.25) is 0 Å². The molecule has 2 aliphatic heterocycles. The lowest BCUT2D eigenvalue weighted by molar-refractivity contribution is -0.192. The molecule has 4 N–H and O–H groups in total. The third kappa shape index (κ3) is 8.21. The number of alkyl halides is 5. The van der Waals surface area contributed by atoms with Gasteiger partial charge in [0.05, 0.1) is 11.7 Å². The number of aromatic nitrogens is 3. The number of benzene rings is 2. The maximum Gasteiger partial charge on any atom is 0.490 e. The Morgan fingerprint density at radius 1 is 0.980 bits per heavy atom. The smallest absolute Gasteiger partial charge is 0.475 e. The lowest BCUT2D eigenvalue weighted by Gasteiger charge is -2.29. The number of anilines is 1. The molecule has 0 bridgehead atoms. The molecule has 0 amide bonds. The van der Waals surface area contributed by atoms with E-state index in [2.05, 4.69) is 15.2 Å². The SMILES string of the molecule is NS(=O)(=O)N1CCCC1c1cc(C(F)F)cc(-c2cn(-c3ccc(N4CCNCC4)cc3)nc2-c2ccncc2)c1F.O=C(O)C(F)(F)F. The van der Waals surface area contributed by atoms with Crippen molar-refractivity contribution in [2.24, 2.45) is 5.14 Å². The molecule has 2 fully saturated rings. The second-order valence-electron chi connectivity index (χ2n) is 11.2. The number of piperazine rings is 1. The van der Waals surface area contributed by atoms with E-state index in [0.717, 1.165) is 48.3 Å². The first kappa shape index (κ1) is 35.8. The molecular weight excluding hydrogens is 680 g/mol. The van der Waals surface area contributed by atoms with E-state index in [1.54, 1.807) is 35.4 Å². The normalized spacial score (nSPS) is 17.2. The van der Waals surface area contributed by atoms with Gasteiger partial charge in [0.15, 0.2) is 0 Å². The van der Waals surface area contributed by atoms with E-state index in [-0.39, 0.29) is 29.7 Å². The Kier molecular flexibility index (Phi) is 10.6. The van der Waals surface area contributed by atoms with E-state index in [1.165, 1.54) is 0 Å². The zero-order valence-corrected chi connectivity index (χ0v) is 26.4. The lowest BCUT2D eigenvalue weighted by atomic mass is 9.93. The zero-order chi connectivity index (χ0) is 35.5. The van der Waals surface area contributed by atoms with Crippen LogP contribution in [0.1, 0.15) is 36.4 Å². The molecule has 0 radical (unpaired) electrons. The quantitative estimate of drug-likeness (QED) is 0.226. The molecule has 2 saturated heterocycles. The van der Waals surface area contributed by atoms with Crippen LogP contribution in [-0.2, 0) is 15.0 Å². The number of aliphatic carboxylic acids is 1. The highest BCUT2D eigenvalue weighted by atomic mass is 32.2. The molecule has 6 rings (SSSR count). The maximum absolute atomic E-state index is 16.4. The van der Waals surface area contributed by atoms with Crippen LogP contribution in [0.3, 0.4) is 0 Å². The zero-order valence-electron chi connectivity index (χ0n) is 25.6. The fourth-order valence-corrected chi connectivity index (χ4v) is 6.71. The van der Waals surface area contributed by atoms with Crippen LogP contribution in [0.5, 0.6) is 0 Å². The molecule has 4 aromatic rings. The van der Waals surface area contributed by atoms with E-state index >= 15 is 4.39 Å². The monoisotopic (exact) mass is 711 g/mol. The van der Waals surface area contributed by atoms with Crippen molar-refractivity contribution in [2.45, 2.75) is 31.5 Å². The summed E-state index contributed by atoms with van der Waals surface area (Å²) in [6.45, 7) is 3.68. The molecule has 49 heavy (non-hydrogen) atoms. The Bertz CT molecular complexity index is 1880. The summed E-state index contributed by atoms with van der Waals surface area (Å²) in [6, 6.07) is 12.4. The van der Waals surface area contributed by atoms with Crippen LogP contribution in [0.4, 0.5) is 32.0 Å². The summed E-state index contributed by atoms with van der Waals surface area (Å²) in [5, 5.41) is 20.6. The Balaban J connectivity index is 0.000000606. The Morgan fingerprint density at radius 2 is 1.59 bits per heavy atom. The van der Waals surface area contributed by atoms with Gasteiger partial charge in [0, 0.05) is 84.8 Å². The number of rotatable bonds is 7. The van der Waals surface area contributed by atoms with Gasteiger partial charge >= 0.3 is 12.1 Å². The minimum Gasteiger partial charge on any atom is -0.475 e. The van der Waals surface area contributed by atoms with Crippen molar-refractivity contribution in [3.63, 3.8) is 0 Å². The van der Waals surface area contributed by atoms with Crippen LogP contribution in [0.2, 0.25) is 0 Å². The summed E-state index contributed by atoms with van der Waals surface area (Å²) in [6.07, 6.45) is -2.56. The summed E-state index contributed by atoms with van der Waals surface area (Å²) in [5.41, 5.74) is 2.39. The van der Waals surface area contributed by atoms with Crippen LogP contribution in [0, 0.1) is 5.82 Å². The second-order valence-corrected chi connectivity index (χ2v) is 12.7. The van der Waals surface area contributed by atoms with Crippen molar-refractivity contribution in [1.82, 2.24) is 24.4 Å². The number of hydrogen-bond donors (Lipinski definition) is 3. The largest absolute Gasteiger partial charge is 0.490 e. The molecule has 0 aliphatic carbocycles. The first-order valence-corrected chi connectivity index (χ1v) is 16.4. The highest BCUT2D eigenvalue weighted by Crippen LogP contribution is 2.42. The number of nitrogens with one attached hydrogen (secondary N) is 1. The molecule has 0 saturated carbocycles. The molecule has 4 heterocycles. The number of nitrogens with zero attached hydrogens (tertiary/aromatic N) is 5. The van der Waals surface area contributed by atoms with Crippen molar-refractivity contribution in [1.29, 1.82) is 0 Å². The van der Waals surface area contributed by atoms with Crippen LogP contribution in [-0.4, -0.2) is 77.5 Å². The highest BCUT2D eigenvalue weighted by Gasteiger charge is 2.38. The number of halogens is 6. The number of carboxylic acid groups (broad SMARTS) is 1. The second kappa shape index (κ2) is 14.5. The fraction of sp³-hybridized carbons (Fsp3) is 0.323. The predicted molar refractivity (Wildman–Crippen MR) is 168 cm³/mol. The van der Waals surface area contributed by atoms with Crippen LogP contribution in [0.15, 0.2) is 67.1 Å². The average Bonchev–Trinajstić information content (AvgIpc) is 3.74. The minimum atomic E-state index is -5.08. The molecule has 18 heteroatoms. The van der Waals surface area contributed by atoms with Gasteiger partial charge in [-0.1, -0.05) is 0 Å². The standard InChI is InChI=1S/C29H30F3N7O2S.C2HF3O2/c30-27-23(16-20(29(31)32)17-24(27)26-2-1-13-39(26)42(33,40)41)25-18-38(36-28(25)19-7-9-34-10-8-19)22-5-3-21(4-6-22)37-14-11-35-12-15-37;3-2(4,5)1(6)7/h3-10,16-18,26,29,35H,1-2,11-15H2,(H2,33,40,41);(H,6,7). The van der Waals surface area contributed by atoms with Crippen molar-refractivity contribution in [3.8, 4) is 28.1 Å². The minimum absolute atomic E-state index is 0.0846. The third-order valence-electron chi connectivity index (χ3n) is 8.06. The summed E-state index contributed by atoms with van der Waals surface area (Å²) >= 11 is 0. The van der Waals surface area contributed by atoms with Gasteiger partial charge in [0.25, 0.3) is 16.6 Å². The molecule has 11 nitrogen and oxygen atoms in total. The molecule has 0 spiro atoms. The van der Waals surface area contributed by atoms with Crippen LogP contribution in [0.25, 0.3) is 28.1 Å². The number of hydrogen-bond acceptors (Lipinski definition) is 7. The van der Waals surface area contributed by atoms with Gasteiger partial charge < -0.3 is 15.3 Å². The number of nitrogens with two attached hydrogens (primary N) is 1. The van der Waals surface area contributed by atoms with Crippen molar-refractivity contribution in [2.75, 3.05) is 37.6 Å². The van der Waals surface area contributed by atoms with Crippen molar-refractivity contribution >= 4 is 21.9 Å². The third-order valence-corrected chi connectivity index (χ3v) is 9.15. The molecular formula is C31H31F6N7O4S. The topological polar surface area (TPSA) is 147 Å². The molecule has 2 aromatic heterocycles. The summed E-state index contributed by atoms with van der Waals surface area (Å²) in [7, 11) is -4.17. The number of carboxylic acids is 1. The van der Waals surface area contributed by atoms with Crippen LogP contribution < -0.4 is 15.4 Å².